The Bertz CT molecular complexity index is 1520. The molecule has 0 amide bonds. The van der Waals surface area contributed by atoms with E-state index in [1.165, 1.54) is 17.5 Å². The first-order chi connectivity index (χ1) is 18.6. The number of nitrogens with zero attached hydrogens (tertiary/aromatic N) is 5. The number of fused-ring (bicyclic) bond motifs is 2. The van der Waals surface area contributed by atoms with Gasteiger partial charge in [0.15, 0.2) is 0 Å². The summed E-state index contributed by atoms with van der Waals surface area (Å²) in [5.41, 5.74) is 4.04. The zero-order valence-electron chi connectivity index (χ0n) is 21.7. The minimum Gasteiger partial charge on any atom is -0.487 e. The van der Waals surface area contributed by atoms with E-state index in [2.05, 4.69) is 15.3 Å². The Morgan fingerprint density at radius 3 is 2.82 bits per heavy atom. The Morgan fingerprint density at radius 1 is 1.31 bits per heavy atom. The maximum Gasteiger partial charge on any atom is 0.304 e. The highest BCUT2D eigenvalue weighted by molar-refractivity contribution is 8.22. The van der Waals surface area contributed by atoms with Gasteiger partial charge in [-0.05, 0) is 49.1 Å². The molecule has 39 heavy (non-hydrogen) atoms. The molecule has 0 saturated carbocycles. The fourth-order valence-corrected chi connectivity index (χ4v) is 7.91. The van der Waals surface area contributed by atoms with Gasteiger partial charge in [0.1, 0.15) is 22.3 Å². The molecule has 0 bridgehead atoms. The minimum absolute atomic E-state index is 0.131. The molecule has 4 aromatic rings. The molecular weight excluding hydrogens is 562 g/mol. The van der Waals surface area contributed by atoms with E-state index in [1.54, 1.807) is 21.3 Å². The molecule has 0 saturated heterocycles. The van der Waals surface area contributed by atoms with Gasteiger partial charge in [-0.2, -0.15) is 4.31 Å². The number of thiophene rings is 1. The lowest BCUT2D eigenvalue weighted by Crippen LogP contribution is -2.34. The summed E-state index contributed by atoms with van der Waals surface area (Å²) in [4.78, 5) is 17.0. The second kappa shape index (κ2) is 11.0. The highest BCUT2D eigenvalue weighted by Gasteiger charge is 2.36. The van der Waals surface area contributed by atoms with Gasteiger partial charge in [-0.15, -0.1) is 27.2 Å². The van der Waals surface area contributed by atoms with E-state index in [0.29, 0.717) is 28.6 Å². The number of aromatic nitrogens is 4. The first kappa shape index (κ1) is 27.8. The molecule has 0 spiro atoms. The molecule has 5 rings (SSSR count). The van der Waals surface area contributed by atoms with Crippen molar-refractivity contribution in [2.24, 2.45) is 0 Å². The van der Waals surface area contributed by atoms with Gasteiger partial charge in [0.2, 0.25) is 0 Å². The Morgan fingerprint density at radius 2 is 2.10 bits per heavy atom. The summed E-state index contributed by atoms with van der Waals surface area (Å²) >= 11 is 8.02. The number of aryl methyl sites for hydroxylation is 2. The van der Waals surface area contributed by atoms with Crippen molar-refractivity contribution in [1.29, 1.82) is 0 Å². The quantitative estimate of drug-likeness (QED) is 0.220. The predicted octanol–water partition coefficient (Wildman–Crippen LogP) is 6.17. The van der Waals surface area contributed by atoms with Gasteiger partial charge in [0.25, 0.3) is 0 Å². The van der Waals surface area contributed by atoms with Gasteiger partial charge in [-0.3, -0.25) is 18.9 Å². The van der Waals surface area contributed by atoms with Crippen molar-refractivity contribution >= 4 is 50.7 Å². The van der Waals surface area contributed by atoms with Crippen LogP contribution in [0.3, 0.4) is 0 Å². The van der Waals surface area contributed by atoms with Crippen molar-refractivity contribution in [3.05, 3.63) is 62.6 Å². The Kier molecular flexibility index (Phi) is 7.86. The topological polar surface area (TPSA) is 134 Å². The van der Waals surface area contributed by atoms with Crippen LogP contribution in [0.5, 0.6) is 5.75 Å². The van der Waals surface area contributed by atoms with Crippen LogP contribution < -0.4 is 4.74 Å². The van der Waals surface area contributed by atoms with Crippen LogP contribution in [-0.4, -0.2) is 57.1 Å². The molecule has 3 aromatic heterocycles. The monoisotopic (exact) mass is 591 g/mol. The fraction of sp³-hybridized carbons (Fsp3) is 0.385. The molecule has 1 aliphatic rings. The summed E-state index contributed by atoms with van der Waals surface area (Å²) in [6.45, 7) is 7.00. The van der Waals surface area contributed by atoms with E-state index in [-0.39, 0.29) is 30.5 Å². The molecule has 0 unspecified atom stereocenters. The maximum absolute atomic E-state index is 11.9. The van der Waals surface area contributed by atoms with E-state index in [0.717, 1.165) is 27.0 Å². The van der Waals surface area contributed by atoms with Crippen LogP contribution in [0.4, 0.5) is 0 Å². The van der Waals surface area contributed by atoms with Gasteiger partial charge in [-0.1, -0.05) is 29.8 Å². The molecule has 10 nitrogen and oxygen atoms in total. The van der Waals surface area contributed by atoms with E-state index >= 15 is 0 Å². The molecule has 0 fully saturated rings. The van der Waals surface area contributed by atoms with Crippen LogP contribution in [0, 0.1) is 6.92 Å². The second-order valence-electron chi connectivity index (χ2n) is 9.46. The third kappa shape index (κ3) is 5.24. The number of carboxylic acids is 1. The zero-order chi connectivity index (χ0) is 27.9. The molecule has 1 aromatic carbocycles. The average Bonchev–Trinajstić information content (AvgIpc) is 3.47. The molecule has 0 radical (unpaired) electrons. The summed E-state index contributed by atoms with van der Waals surface area (Å²) in [7, 11) is -3.41. The highest BCUT2D eigenvalue weighted by Crippen LogP contribution is 2.57. The number of pyridine rings is 1. The summed E-state index contributed by atoms with van der Waals surface area (Å²) in [5.74, 6) is -0.989. The third-order valence-electron chi connectivity index (χ3n) is 7.06. The average molecular weight is 592 g/mol. The van der Waals surface area contributed by atoms with Crippen molar-refractivity contribution < 1.29 is 23.7 Å². The fourth-order valence-electron chi connectivity index (χ4n) is 4.95. The number of hydrogen-bond donors (Lipinski definition) is 3. The molecule has 13 heteroatoms. The molecule has 3 N–H and O–H groups in total. The van der Waals surface area contributed by atoms with Crippen LogP contribution in [0.1, 0.15) is 54.2 Å². The van der Waals surface area contributed by atoms with Gasteiger partial charge in [0, 0.05) is 36.1 Å². The summed E-state index contributed by atoms with van der Waals surface area (Å²) < 4.78 is 32.5. The number of hydrogen-bond acceptors (Lipinski definition) is 9. The molecule has 2 atom stereocenters. The lowest BCUT2D eigenvalue weighted by molar-refractivity contribution is -0.137. The first-order valence-electron chi connectivity index (χ1n) is 12.6. The van der Waals surface area contributed by atoms with E-state index in [4.69, 9.17) is 16.3 Å². The van der Waals surface area contributed by atoms with Gasteiger partial charge in [-0.25, -0.2) is 4.68 Å². The number of halogens is 1. The van der Waals surface area contributed by atoms with Crippen molar-refractivity contribution in [1.82, 2.24) is 24.3 Å². The summed E-state index contributed by atoms with van der Waals surface area (Å²) in [6, 6.07) is 7.38. The van der Waals surface area contributed by atoms with Crippen LogP contribution in [0.25, 0.3) is 11.0 Å². The minimum atomic E-state index is -3.41. The highest BCUT2D eigenvalue weighted by atomic mass is 35.5. The summed E-state index contributed by atoms with van der Waals surface area (Å²) in [6.07, 6.45) is 3.26. The molecule has 0 aliphatic carbocycles. The van der Waals surface area contributed by atoms with Crippen LogP contribution >= 0.6 is 33.7 Å². The predicted molar refractivity (Wildman–Crippen MR) is 152 cm³/mol. The Hall–Kier alpha value is -2.74. The van der Waals surface area contributed by atoms with Crippen molar-refractivity contribution in [3.8, 4) is 5.75 Å². The molecule has 1 aliphatic heterocycles. The smallest absolute Gasteiger partial charge is 0.304 e. The third-order valence-corrected chi connectivity index (χ3v) is 10.5. The van der Waals surface area contributed by atoms with Crippen molar-refractivity contribution in [2.45, 2.75) is 63.6 Å². The van der Waals surface area contributed by atoms with Gasteiger partial charge in [0.05, 0.1) is 29.0 Å². The SMILES string of the molecule is CC[C@@H]1CN(Cc2cc([C@@H](CC(=O)O)c3ccc4c(nnn4CC)c3C)sc2Cl)S(O)(O)c2cnccc2O1. The first-order valence-corrected chi connectivity index (χ1v) is 15.3. The van der Waals surface area contributed by atoms with Crippen molar-refractivity contribution in [3.63, 3.8) is 0 Å². The number of aliphatic carboxylic acids is 1. The van der Waals surface area contributed by atoms with Crippen molar-refractivity contribution in [2.75, 3.05) is 6.54 Å². The number of ether oxygens (including phenoxy) is 1. The lowest BCUT2D eigenvalue weighted by Gasteiger charge is -2.41. The number of carboxylic acid groups (broad SMARTS) is 1. The molecule has 4 heterocycles. The maximum atomic E-state index is 11.9. The largest absolute Gasteiger partial charge is 0.487 e. The lowest BCUT2D eigenvalue weighted by atomic mass is 9.89. The second-order valence-corrected chi connectivity index (χ2v) is 13.1. The molecule has 208 valence electrons. The standard InChI is InChI=1S/C26H30ClN5O5S2/c1-4-17-14-31(39(35,36)23-12-28-9-8-21(23)37-17)13-16-10-22(38-26(16)27)19(11-24(33)34)18-6-7-20-25(15(18)3)29-30-32(20)5-2/h6-10,12,17,19,35-36H,4-5,11,13-14H2,1-3H3,(H,33,34)/t17-,19+/m1/s1. The number of rotatable bonds is 8. The number of benzene rings is 1. The normalized spacial score (nSPS) is 18.8. The molecular formula is C26H30ClN5O5S2. The van der Waals surface area contributed by atoms with E-state index < -0.39 is 22.7 Å². The van der Waals surface area contributed by atoms with Gasteiger partial charge < -0.3 is 9.84 Å². The number of carbonyl (C=O) groups is 1. The van der Waals surface area contributed by atoms with Crippen LogP contribution in [0.2, 0.25) is 4.34 Å². The van der Waals surface area contributed by atoms with E-state index in [1.807, 2.05) is 39.0 Å². The van der Waals surface area contributed by atoms with E-state index in [9.17, 15) is 19.0 Å². The Labute approximate surface area is 236 Å². The summed E-state index contributed by atoms with van der Waals surface area (Å²) in [5, 5.41) is 18.3. The van der Waals surface area contributed by atoms with Gasteiger partial charge >= 0.3 is 5.97 Å². The zero-order valence-corrected chi connectivity index (χ0v) is 24.1. The van der Waals surface area contributed by atoms with Crippen LogP contribution in [0.15, 0.2) is 41.6 Å². The van der Waals surface area contributed by atoms with Crippen LogP contribution in [-0.2, 0) is 17.9 Å². The Balaban J connectivity index is 1.51.